The quantitative estimate of drug-likeness (QED) is 0.831. The molecule has 0 amide bonds. The number of benzene rings is 1. The lowest BCUT2D eigenvalue weighted by atomic mass is 10.2. The molecule has 0 spiro atoms. The molecular formula is C17H17ClN2O2. The second-order valence-electron chi connectivity index (χ2n) is 5.56. The SMILES string of the molecule is O=C(O)c1ccc(Cl)c(N=Cc2ccn(C3CCCC3)c2)c1. The predicted octanol–water partition coefficient (Wildman–Crippen LogP) is 4.71. The van der Waals surface area contributed by atoms with Crippen LogP contribution in [0.4, 0.5) is 5.69 Å². The van der Waals surface area contributed by atoms with Gasteiger partial charge in [0.05, 0.1) is 16.3 Å². The fraction of sp³-hybridized carbons (Fsp3) is 0.294. The van der Waals surface area contributed by atoms with Crippen LogP contribution >= 0.6 is 11.6 Å². The van der Waals surface area contributed by atoms with Crippen molar-refractivity contribution in [3.63, 3.8) is 0 Å². The van der Waals surface area contributed by atoms with Gasteiger partial charge in [-0.1, -0.05) is 24.4 Å². The molecule has 1 saturated carbocycles. The summed E-state index contributed by atoms with van der Waals surface area (Å²) in [7, 11) is 0. The Hall–Kier alpha value is -2.07. The molecule has 0 radical (unpaired) electrons. The molecule has 0 unspecified atom stereocenters. The number of rotatable bonds is 4. The number of hydrogen-bond donors (Lipinski definition) is 1. The zero-order valence-corrected chi connectivity index (χ0v) is 12.8. The Morgan fingerprint density at radius 1 is 1.32 bits per heavy atom. The fourth-order valence-electron chi connectivity index (χ4n) is 2.82. The third-order valence-electron chi connectivity index (χ3n) is 4.03. The van der Waals surface area contributed by atoms with E-state index in [2.05, 4.69) is 22.0 Å². The van der Waals surface area contributed by atoms with E-state index in [1.165, 1.54) is 37.8 Å². The predicted molar refractivity (Wildman–Crippen MR) is 87.6 cm³/mol. The Kier molecular flexibility index (Phi) is 4.29. The van der Waals surface area contributed by atoms with Crippen LogP contribution in [0, 0.1) is 0 Å². The van der Waals surface area contributed by atoms with Crippen LogP contribution in [-0.4, -0.2) is 21.9 Å². The van der Waals surface area contributed by atoms with Crippen molar-refractivity contribution in [2.45, 2.75) is 31.7 Å². The molecule has 1 aromatic carbocycles. The van der Waals surface area contributed by atoms with Crippen molar-refractivity contribution in [1.29, 1.82) is 0 Å². The van der Waals surface area contributed by atoms with Crippen LogP contribution in [0.15, 0.2) is 41.7 Å². The molecule has 1 aliphatic rings. The Bertz CT molecular complexity index is 715. The molecule has 0 saturated heterocycles. The van der Waals surface area contributed by atoms with E-state index < -0.39 is 5.97 Å². The van der Waals surface area contributed by atoms with Crippen molar-refractivity contribution in [3.05, 3.63) is 52.8 Å². The van der Waals surface area contributed by atoms with Crippen LogP contribution in [0.1, 0.15) is 47.6 Å². The maximum Gasteiger partial charge on any atom is 0.335 e. The minimum Gasteiger partial charge on any atom is -0.478 e. The van der Waals surface area contributed by atoms with Crippen molar-refractivity contribution in [2.24, 2.45) is 4.99 Å². The number of aromatic nitrogens is 1. The van der Waals surface area contributed by atoms with Gasteiger partial charge in [0.1, 0.15) is 0 Å². The standard InChI is InChI=1S/C17H17ClN2O2/c18-15-6-5-13(17(21)22)9-16(15)19-10-12-7-8-20(11-12)14-3-1-2-4-14/h5-11,14H,1-4H2,(H,21,22). The molecule has 2 aromatic rings. The average Bonchev–Trinajstić information content (AvgIpc) is 3.17. The van der Waals surface area contributed by atoms with Crippen molar-refractivity contribution in [2.75, 3.05) is 0 Å². The lowest BCUT2D eigenvalue weighted by Crippen LogP contribution is -2.00. The first kappa shape index (κ1) is 14.9. The van der Waals surface area contributed by atoms with E-state index in [1.54, 1.807) is 12.3 Å². The molecule has 0 bridgehead atoms. The molecular weight excluding hydrogens is 300 g/mol. The molecule has 1 heterocycles. The number of nitrogens with zero attached hydrogens (tertiary/aromatic N) is 2. The minimum atomic E-state index is -0.986. The van der Waals surface area contributed by atoms with E-state index >= 15 is 0 Å². The van der Waals surface area contributed by atoms with Crippen molar-refractivity contribution < 1.29 is 9.90 Å². The summed E-state index contributed by atoms with van der Waals surface area (Å²) >= 11 is 6.06. The third-order valence-corrected chi connectivity index (χ3v) is 4.35. The second-order valence-corrected chi connectivity index (χ2v) is 5.97. The Labute approximate surface area is 134 Å². The molecule has 1 N–H and O–H groups in total. The van der Waals surface area contributed by atoms with Crippen LogP contribution < -0.4 is 0 Å². The lowest BCUT2D eigenvalue weighted by molar-refractivity contribution is 0.0697. The van der Waals surface area contributed by atoms with Gasteiger partial charge in [-0.05, 0) is 37.1 Å². The van der Waals surface area contributed by atoms with E-state index in [1.807, 2.05) is 6.07 Å². The molecule has 5 heteroatoms. The summed E-state index contributed by atoms with van der Waals surface area (Å²) in [4.78, 5) is 15.3. The van der Waals surface area contributed by atoms with Crippen molar-refractivity contribution in [3.8, 4) is 0 Å². The van der Waals surface area contributed by atoms with Crippen LogP contribution in [0.3, 0.4) is 0 Å². The van der Waals surface area contributed by atoms with Gasteiger partial charge in [-0.25, -0.2) is 4.79 Å². The molecule has 0 atom stereocenters. The monoisotopic (exact) mass is 316 g/mol. The summed E-state index contributed by atoms with van der Waals surface area (Å²) < 4.78 is 2.24. The first-order chi connectivity index (χ1) is 10.6. The smallest absolute Gasteiger partial charge is 0.335 e. The summed E-state index contributed by atoms with van der Waals surface area (Å²) in [6, 6.07) is 7.12. The molecule has 1 aromatic heterocycles. The number of aromatic carboxylic acids is 1. The topological polar surface area (TPSA) is 54.6 Å². The fourth-order valence-corrected chi connectivity index (χ4v) is 2.99. The Morgan fingerprint density at radius 2 is 2.09 bits per heavy atom. The van der Waals surface area contributed by atoms with Crippen molar-refractivity contribution >= 4 is 29.5 Å². The van der Waals surface area contributed by atoms with Crippen LogP contribution in [0.25, 0.3) is 0 Å². The van der Waals surface area contributed by atoms with Gasteiger partial charge in [-0.3, -0.25) is 4.99 Å². The number of carbonyl (C=O) groups is 1. The van der Waals surface area contributed by atoms with Gasteiger partial charge in [0.25, 0.3) is 0 Å². The van der Waals surface area contributed by atoms with Gasteiger partial charge < -0.3 is 9.67 Å². The van der Waals surface area contributed by atoms with E-state index in [-0.39, 0.29) is 5.56 Å². The van der Waals surface area contributed by atoms with Gasteiger partial charge in [0.2, 0.25) is 0 Å². The number of carboxylic acid groups (broad SMARTS) is 1. The summed E-state index contributed by atoms with van der Waals surface area (Å²) in [6.45, 7) is 0. The molecule has 4 nitrogen and oxygen atoms in total. The zero-order chi connectivity index (χ0) is 15.5. The second kappa shape index (κ2) is 6.36. The largest absolute Gasteiger partial charge is 0.478 e. The normalized spacial score (nSPS) is 15.7. The van der Waals surface area contributed by atoms with E-state index in [4.69, 9.17) is 16.7 Å². The first-order valence-electron chi connectivity index (χ1n) is 7.38. The van der Waals surface area contributed by atoms with Gasteiger partial charge in [-0.15, -0.1) is 0 Å². The molecule has 114 valence electrons. The highest BCUT2D eigenvalue weighted by Crippen LogP contribution is 2.30. The zero-order valence-electron chi connectivity index (χ0n) is 12.1. The van der Waals surface area contributed by atoms with Gasteiger partial charge in [0, 0.05) is 30.2 Å². The molecule has 0 aliphatic heterocycles. The van der Waals surface area contributed by atoms with Crippen LogP contribution in [0.5, 0.6) is 0 Å². The average molecular weight is 317 g/mol. The van der Waals surface area contributed by atoms with E-state index in [9.17, 15) is 4.79 Å². The van der Waals surface area contributed by atoms with Crippen LogP contribution in [0.2, 0.25) is 5.02 Å². The van der Waals surface area contributed by atoms with Crippen molar-refractivity contribution in [1.82, 2.24) is 4.57 Å². The summed E-state index contributed by atoms with van der Waals surface area (Å²) in [5, 5.41) is 9.45. The summed E-state index contributed by atoms with van der Waals surface area (Å²) in [5.74, 6) is -0.986. The number of halogens is 1. The molecule has 3 rings (SSSR count). The number of aliphatic imine (C=N–C) groups is 1. The van der Waals surface area contributed by atoms with E-state index in [0.29, 0.717) is 16.8 Å². The Balaban J connectivity index is 1.79. The maximum absolute atomic E-state index is 11.0. The highest BCUT2D eigenvalue weighted by atomic mass is 35.5. The Morgan fingerprint density at radius 3 is 2.82 bits per heavy atom. The van der Waals surface area contributed by atoms with E-state index in [0.717, 1.165) is 5.56 Å². The maximum atomic E-state index is 11.0. The highest BCUT2D eigenvalue weighted by molar-refractivity contribution is 6.33. The number of carboxylic acids is 1. The van der Waals surface area contributed by atoms with Gasteiger partial charge in [-0.2, -0.15) is 0 Å². The third kappa shape index (κ3) is 3.22. The number of hydrogen-bond acceptors (Lipinski definition) is 2. The minimum absolute atomic E-state index is 0.181. The molecule has 1 aliphatic carbocycles. The van der Waals surface area contributed by atoms with Crippen LogP contribution in [-0.2, 0) is 0 Å². The van der Waals surface area contributed by atoms with Gasteiger partial charge in [0.15, 0.2) is 0 Å². The van der Waals surface area contributed by atoms with Gasteiger partial charge >= 0.3 is 5.97 Å². The summed E-state index contributed by atoms with van der Waals surface area (Å²) in [6.07, 6.45) is 10.9. The highest BCUT2D eigenvalue weighted by Gasteiger charge is 2.16. The molecule has 1 fully saturated rings. The first-order valence-corrected chi connectivity index (χ1v) is 7.75. The lowest BCUT2D eigenvalue weighted by Gasteiger charge is -2.10. The molecule has 22 heavy (non-hydrogen) atoms. The summed E-state index contributed by atoms with van der Waals surface area (Å²) in [5.41, 5.74) is 1.64.